The summed E-state index contributed by atoms with van der Waals surface area (Å²) in [5, 5.41) is 14.9. The van der Waals surface area contributed by atoms with E-state index in [2.05, 4.69) is 25.8 Å². The number of halogens is 1. The molecular formula is C21H23FN6. The van der Waals surface area contributed by atoms with Crippen molar-refractivity contribution in [2.24, 2.45) is 4.99 Å². The van der Waals surface area contributed by atoms with Crippen LogP contribution in [0.1, 0.15) is 24.2 Å². The van der Waals surface area contributed by atoms with Gasteiger partial charge in [-0.2, -0.15) is 0 Å². The first-order valence-electron chi connectivity index (χ1n) is 9.35. The zero-order valence-electron chi connectivity index (χ0n) is 15.8. The Morgan fingerprint density at radius 3 is 2.68 bits per heavy atom. The van der Waals surface area contributed by atoms with Crippen molar-refractivity contribution in [2.45, 2.75) is 24.8 Å². The standard InChI is InChI=1S/C21H23FN6/c1-23-20(25-14-21(10-11-21)16-6-5-7-17(22)12-16)24-13-19-27-26-15-28(19)18-8-3-2-4-9-18/h2-9,12,15H,10-11,13-14H2,1H3,(H2,23,24,25). The van der Waals surface area contributed by atoms with Crippen molar-refractivity contribution >= 4 is 5.96 Å². The predicted octanol–water partition coefficient (Wildman–Crippen LogP) is 2.80. The lowest BCUT2D eigenvalue weighted by Crippen LogP contribution is -2.41. The summed E-state index contributed by atoms with van der Waals surface area (Å²) in [5.41, 5.74) is 2.04. The zero-order valence-corrected chi connectivity index (χ0v) is 15.8. The van der Waals surface area contributed by atoms with Crippen LogP contribution >= 0.6 is 0 Å². The highest BCUT2D eigenvalue weighted by Gasteiger charge is 2.44. The summed E-state index contributed by atoms with van der Waals surface area (Å²) in [4.78, 5) is 4.29. The molecule has 4 rings (SSSR count). The Balaban J connectivity index is 1.37. The first-order valence-corrected chi connectivity index (χ1v) is 9.35. The Kier molecular flexibility index (Phi) is 5.06. The molecule has 3 aromatic rings. The molecular weight excluding hydrogens is 355 g/mol. The third-order valence-corrected chi connectivity index (χ3v) is 5.18. The molecule has 0 amide bonds. The molecule has 144 valence electrons. The van der Waals surface area contributed by atoms with Crippen molar-refractivity contribution < 1.29 is 4.39 Å². The molecule has 0 aliphatic heterocycles. The van der Waals surface area contributed by atoms with Gasteiger partial charge >= 0.3 is 0 Å². The maximum atomic E-state index is 13.6. The van der Waals surface area contributed by atoms with Crippen LogP contribution in [0.25, 0.3) is 5.69 Å². The van der Waals surface area contributed by atoms with Crippen LogP contribution in [0.4, 0.5) is 4.39 Å². The molecule has 1 aliphatic carbocycles. The van der Waals surface area contributed by atoms with Gasteiger partial charge in [-0.15, -0.1) is 10.2 Å². The van der Waals surface area contributed by atoms with Gasteiger partial charge in [0.15, 0.2) is 11.8 Å². The summed E-state index contributed by atoms with van der Waals surface area (Å²) in [5.74, 6) is 1.29. The lowest BCUT2D eigenvalue weighted by atomic mass is 9.96. The number of nitrogens with zero attached hydrogens (tertiary/aromatic N) is 4. The fourth-order valence-electron chi connectivity index (χ4n) is 3.36. The third kappa shape index (κ3) is 3.88. The summed E-state index contributed by atoms with van der Waals surface area (Å²) in [6, 6.07) is 16.8. The minimum absolute atomic E-state index is 0.0101. The molecule has 28 heavy (non-hydrogen) atoms. The second kappa shape index (κ2) is 7.80. The molecule has 1 saturated carbocycles. The Morgan fingerprint density at radius 1 is 1.14 bits per heavy atom. The summed E-state index contributed by atoms with van der Waals surface area (Å²) >= 11 is 0. The number of aromatic nitrogens is 3. The van der Waals surface area contributed by atoms with Gasteiger partial charge in [0.2, 0.25) is 0 Å². The molecule has 0 radical (unpaired) electrons. The predicted molar refractivity (Wildman–Crippen MR) is 107 cm³/mol. The smallest absolute Gasteiger partial charge is 0.191 e. The summed E-state index contributed by atoms with van der Waals surface area (Å²) in [6.45, 7) is 1.20. The van der Waals surface area contributed by atoms with E-state index in [4.69, 9.17) is 0 Å². The van der Waals surface area contributed by atoms with Crippen LogP contribution in [0.15, 0.2) is 65.9 Å². The van der Waals surface area contributed by atoms with Crippen molar-refractivity contribution in [1.29, 1.82) is 0 Å². The van der Waals surface area contributed by atoms with Crippen LogP contribution in [-0.4, -0.2) is 34.3 Å². The molecule has 7 heteroatoms. The van der Waals surface area contributed by atoms with Crippen molar-refractivity contribution in [1.82, 2.24) is 25.4 Å². The number of para-hydroxylation sites is 1. The number of hydrogen-bond acceptors (Lipinski definition) is 3. The van der Waals surface area contributed by atoms with Gasteiger partial charge in [-0.3, -0.25) is 9.56 Å². The van der Waals surface area contributed by atoms with Crippen LogP contribution in [0, 0.1) is 5.82 Å². The van der Waals surface area contributed by atoms with Gasteiger partial charge in [0.25, 0.3) is 0 Å². The molecule has 2 N–H and O–H groups in total. The molecule has 0 saturated heterocycles. The molecule has 6 nitrogen and oxygen atoms in total. The Hall–Kier alpha value is -3.22. The van der Waals surface area contributed by atoms with E-state index in [-0.39, 0.29) is 11.2 Å². The van der Waals surface area contributed by atoms with Crippen molar-refractivity contribution in [3.8, 4) is 5.69 Å². The number of hydrogen-bond donors (Lipinski definition) is 2. The van der Waals surface area contributed by atoms with Crippen LogP contribution < -0.4 is 10.6 Å². The van der Waals surface area contributed by atoms with E-state index in [1.54, 1.807) is 25.5 Å². The molecule has 0 atom stereocenters. The van der Waals surface area contributed by atoms with Gasteiger partial charge in [-0.1, -0.05) is 30.3 Å². The molecule has 1 heterocycles. The highest BCUT2D eigenvalue weighted by molar-refractivity contribution is 5.79. The van der Waals surface area contributed by atoms with Crippen molar-refractivity contribution in [2.75, 3.05) is 13.6 Å². The third-order valence-electron chi connectivity index (χ3n) is 5.18. The summed E-state index contributed by atoms with van der Waals surface area (Å²) in [6.07, 6.45) is 3.79. The molecule has 1 aliphatic rings. The lowest BCUT2D eigenvalue weighted by Gasteiger charge is -2.19. The first-order chi connectivity index (χ1) is 13.7. The minimum Gasteiger partial charge on any atom is -0.356 e. The molecule has 0 bridgehead atoms. The van der Waals surface area contributed by atoms with Crippen molar-refractivity contribution in [3.05, 3.63) is 78.1 Å². The van der Waals surface area contributed by atoms with E-state index in [1.807, 2.05) is 41.0 Å². The van der Waals surface area contributed by atoms with E-state index in [0.717, 1.165) is 29.9 Å². The normalized spacial score (nSPS) is 15.3. The molecule has 0 unspecified atom stereocenters. The van der Waals surface area contributed by atoms with Crippen LogP contribution in [0.5, 0.6) is 0 Å². The first kappa shape index (κ1) is 18.2. The quantitative estimate of drug-likeness (QED) is 0.511. The highest BCUT2D eigenvalue weighted by Crippen LogP contribution is 2.47. The number of nitrogens with one attached hydrogen (secondary N) is 2. The minimum atomic E-state index is -0.188. The zero-order chi connectivity index (χ0) is 19.4. The summed E-state index contributed by atoms with van der Waals surface area (Å²) < 4.78 is 15.5. The van der Waals surface area contributed by atoms with Gasteiger partial charge in [0.1, 0.15) is 12.1 Å². The van der Waals surface area contributed by atoms with E-state index in [1.165, 1.54) is 6.07 Å². The van der Waals surface area contributed by atoms with Crippen LogP contribution in [0.2, 0.25) is 0 Å². The molecule has 1 aromatic heterocycles. The monoisotopic (exact) mass is 378 g/mol. The SMILES string of the molecule is CN=C(NCc1nncn1-c1ccccc1)NCC1(c2cccc(F)c2)CC1. The topological polar surface area (TPSA) is 67.1 Å². The Morgan fingerprint density at radius 2 is 1.96 bits per heavy atom. The van der Waals surface area contributed by atoms with E-state index >= 15 is 0 Å². The number of guanidine groups is 1. The van der Waals surface area contributed by atoms with Gasteiger partial charge in [0, 0.05) is 24.7 Å². The second-order valence-electron chi connectivity index (χ2n) is 7.02. The molecule has 0 spiro atoms. The lowest BCUT2D eigenvalue weighted by molar-refractivity contribution is 0.606. The number of aliphatic imine (C=N–C) groups is 1. The van der Waals surface area contributed by atoms with Gasteiger partial charge in [-0.25, -0.2) is 4.39 Å². The van der Waals surface area contributed by atoms with Crippen molar-refractivity contribution in [3.63, 3.8) is 0 Å². The van der Waals surface area contributed by atoms with Crippen LogP contribution in [0.3, 0.4) is 0 Å². The average molecular weight is 378 g/mol. The fraction of sp³-hybridized carbons (Fsp3) is 0.286. The second-order valence-corrected chi connectivity index (χ2v) is 7.02. The summed E-state index contributed by atoms with van der Waals surface area (Å²) in [7, 11) is 1.74. The fourth-order valence-corrected chi connectivity index (χ4v) is 3.36. The highest BCUT2D eigenvalue weighted by atomic mass is 19.1. The average Bonchev–Trinajstić information content (AvgIpc) is 3.38. The maximum Gasteiger partial charge on any atom is 0.191 e. The maximum absolute atomic E-state index is 13.6. The van der Waals surface area contributed by atoms with E-state index < -0.39 is 0 Å². The van der Waals surface area contributed by atoms with Crippen LogP contribution in [-0.2, 0) is 12.0 Å². The Bertz CT molecular complexity index is 962. The largest absolute Gasteiger partial charge is 0.356 e. The van der Waals surface area contributed by atoms with E-state index in [9.17, 15) is 4.39 Å². The van der Waals surface area contributed by atoms with Gasteiger partial charge in [0.05, 0.1) is 6.54 Å². The van der Waals surface area contributed by atoms with E-state index in [0.29, 0.717) is 19.0 Å². The Labute approximate surface area is 163 Å². The van der Waals surface area contributed by atoms with Gasteiger partial charge in [-0.05, 0) is 42.7 Å². The number of benzene rings is 2. The molecule has 2 aromatic carbocycles. The van der Waals surface area contributed by atoms with Gasteiger partial charge < -0.3 is 10.6 Å². The number of rotatable bonds is 6. The molecule has 1 fully saturated rings.